The highest BCUT2D eigenvalue weighted by Crippen LogP contribution is 2.18. The molecule has 1 aliphatic heterocycles. The Morgan fingerprint density at radius 1 is 1.41 bits per heavy atom. The fraction of sp³-hybridized carbons (Fsp3) is 0.353. The van der Waals surface area contributed by atoms with Crippen LogP contribution in [0.25, 0.3) is 0 Å². The maximum atomic E-state index is 13.4. The van der Waals surface area contributed by atoms with Crippen molar-refractivity contribution >= 4 is 17.5 Å². The Morgan fingerprint density at radius 3 is 2.68 bits per heavy atom. The van der Waals surface area contributed by atoms with Gasteiger partial charge in [-0.25, -0.2) is 4.39 Å². The van der Waals surface area contributed by atoms with E-state index < -0.39 is 5.82 Å². The van der Waals surface area contributed by atoms with Gasteiger partial charge in [0, 0.05) is 24.0 Å². The summed E-state index contributed by atoms with van der Waals surface area (Å²) in [6, 6.07) is 4.40. The highest BCUT2D eigenvalue weighted by atomic mass is 35.5. The predicted octanol–water partition coefficient (Wildman–Crippen LogP) is 3.65. The number of rotatable bonds is 3. The summed E-state index contributed by atoms with van der Waals surface area (Å²) in [4.78, 5) is 14.2. The molecular formula is C17H20ClFN2O. The first-order chi connectivity index (χ1) is 10.3. The van der Waals surface area contributed by atoms with E-state index in [1.54, 1.807) is 6.07 Å². The zero-order valence-electron chi connectivity index (χ0n) is 13.0. The van der Waals surface area contributed by atoms with Crippen LogP contribution in [0.2, 0.25) is 5.02 Å². The zero-order chi connectivity index (χ0) is 16.3. The molecule has 1 aromatic rings. The third-order valence-electron chi connectivity index (χ3n) is 3.44. The standard InChI is InChI=1S/C17H20ClFN2O/c1-17(2,3)21-8-6-13(7-9-21)20-16(22)11-12-4-5-14(18)15(19)10-12/h4-8,10H,9,11H2,1-3H3,(H,20,22). The number of amides is 1. The second kappa shape index (κ2) is 6.53. The van der Waals surface area contributed by atoms with Crippen molar-refractivity contribution in [2.75, 3.05) is 6.54 Å². The first-order valence-electron chi connectivity index (χ1n) is 7.14. The zero-order valence-corrected chi connectivity index (χ0v) is 13.7. The van der Waals surface area contributed by atoms with Crippen molar-refractivity contribution in [1.82, 2.24) is 10.2 Å². The highest BCUT2D eigenvalue weighted by Gasteiger charge is 2.19. The van der Waals surface area contributed by atoms with Crippen LogP contribution in [0.1, 0.15) is 26.3 Å². The first kappa shape index (κ1) is 16.6. The molecule has 22 heavy (non-hydrogen) atoms. The number of hydrogen-bond donors (Lipinski definition) is 1. The molecule has 1 aliphatic rings. The van der Waals surface area contributed by atoms with Crippen LogP contribution in [0.3, 0.4) is 0 Å². The van der Waals surface area contributed by atoms with Gasteiger partial charge < -0.3 is 10.2 Å². The summed E-state index contributed by atoms with van der Waals surface area (Å²) in [6.45, 7) is 7.13. The molecule has 0 aliphatic carbocycles. The van der Waals surface area contributed by atoms with Crippen LogP contribution in [0.5, 0.6) is 0 Å². The van der Waals surface area contributed by atoms with Crippen LogP contribution in [-0.4, -0.2) is 22.9 Å². The summed E-state index contributed by atoms with van der Waals surface area (Å²) in [7, 11) is 0. The second-order valence-corrected chi connectivity index (χ2v) is 6.68. The Balaban J connectivity index is 1.92. The average Bonchev–Trinajstić information content (AvgIpc) is 2.42. The van der Waals surface area contributed by atoms with E-state index in [9.17, 15) is 9.18 Å². The SMILES string of the molecule is CC(C)(C)N1C=CC(NC(=O)Cc2ccc(Cl)c(F)c2)=CC1. The lowest BCUT2D eigenvalue weighted by Gasteiger charge is -2.35. The lowest BCUT2D eigenvalue weighted by atomic mass is 10.1. The maximum Gasteiger partial charge on any atom is 0.228 e. The number of carbonyl (C=O) groups excluding carboxylic acids is 1. The van der Waals surface area contributed by atoms with Crippen LogP contribution < -0.4 is 5.32 Å². The predicted molar refractivity (Wildman–Crippen MR) is 86.9 cm³/mol. The molecule has 0 fully saturated rings. The molecule has 0 atom stereocenters. The molecular weight excluding hydrogens is 303 g/mol. The summed E-state index contributed by atoms with van der Waals surface area (Å²) < 4.78 is 13.4. The number of carbonyl (C=O) groups is 1. The van der Waals surface area contributed by atoms with Crippen molar-refractivity contribution in [3.05, 3.63) is 58.7 Å². The van der Waals surface area contributed by atoms with Crippen molar-refractivity contribution < 1.29 is 9.18 Å². The highest BCUT2D eigenvalue weighted by molar-refractivity contribution is 6.30. The van der Waals surface area contributed by atoms with E-state index in [0.29, 0.717) is 5.56 Å². The van der Waals surface area contributed by atoms with Gasteiger partial charge in [-0.1, -0.05) is 17.7 Å². The fourth-order valence-corrected chi connectivity index (χ4v) is 2.24. The Hall–Kier alpha value is -1.81. The van der Waals surface area contributed by atoms with Gasteiger partial charge in [0.25, 0.3) is 0 Å². The van der Waals surface area contributed by atoms with Gasteiger partial charge in [0.1, 0.15) is 5.82 Å². The number of halogens is 2. The summed E-state index contributed by atoms with van der Waals surface area (Å²) in [6.07, 6.45) is 5.92. The largest absolute Gasteiger partial charge is 0.369 e. The molecule has 0 unspecified atom stereocenters. The smallest absolute Gasteiger partial charge is 0.228 e. The van der Waals surface area contributed by atoms with E-state index in [2.05, 4.69) is 31.0 Å². The maximum absolute atomic E-state index is 13.4. The normalized spacial score (nSPS) is 14.8. The Labute approximate surface area is 135 Å². The van der Waals surface area contributed by atoms with Gasteiger partial charge >= 0.3 is 0 Å². The molecule has 0 bridgehead atoms. The number of allylic oxidation sites excluding steroid dienone is 1. The molecule has 5 heteroatoms. The second-order valence-electron chi connectivity index (χ2n) is 6.27. The van der Waals surface area contributed by atoms with E-state index in [4.69, 9.17) is 11.6 Å². The molecule has 0 spiro atoms. The third-order valence-corrected chi connectivity index (χ3v) is 3.74. The Bertz CT molecular complexity index is 632. The van der Waals surface area contributed by atoms with E-state index >= 15 is 0 Å². The molecule has 1 heterocycles. The lowest BCUT2D eigenvalue weighted by Crippen LogP contribution is -2.39. The number of nitrogens with one attached hydrogen (secondary N) is 1. The summed E-state index contributed by atoms with van der Waals surface area (Å²) in [5.41, 5.74) is 1.40. The van der Waals surface area contributed by atoms with E-state index in [1.807, 2.05) is 18.4 Å². The van der Waals surface area contributed by atoms with Gasteiger partial charge in [0.05, 0.1) is 11.4 Å². The minimum atomic E-state index is -0.510. The number of nitrogens with zero attached hydrogens (tertiary/aromatic N) is 1. The van der Waals surface area contributed by atoms with E-state index in [0.717, 1.165) is 12.2 Å². The quantitative estimate of drug-likeness (QED) is 0.921. The topological polar surface area (TPSA) is 32.3 Å². The van der Waals surface area contributed by atoms with Crippen LogP contribution in [0.4, 0.5) is 4.39 Å². The number of benzene rings is 1. The van der Waals surface area contributed by atoms with Gasteiger partial charge in [-0.15, -0.1) is 0 Å². The van der Waals surface area contributed by atoms with Crippen molar-refractivity contribution in [2.24, 2.45) is 0 Å². The summed E-state index contributed by atoms with van der Waals surface area (Å²) in [5.74, 6) is -0.689. The van der Waals surface area contributed by atoms with Gasteiger partial charge in [-0.3, -0.25) is 4.79 Å². The van der Waals surface area contributed by atoms with Crippen molar-refractivity contribution in [3.8, 4) is 0 Å². The molecule has 3 nitrogen and oxygen atoms in total. The van der Waals surface area contributed by atoms with Crippen LogP contribution in [0.15, 0.2) is 42.2 Å². The summed E-state index contributed by atoms with van der Waals surface area (Å²) in [5, 5.41) is 2.89. The van der Waals surface area contributed by atoms with Gasteiger partial charge in [-0.2, -0.15) is 0 Å². The van der Waals surface area contributed by atoms with Crippen molar-refractivity contribution in [2.45, 2.75) is 32.7 Å². The molecule has 118 valence electrons. The average molecular weight is 323 g/mol. The van der Waals surface area contributed by atoms with Gasteiger partial charge in [0.2, 0.25) is 5.91 Å². The molecule has 1 amide bonds. The van der Waals surface area contributed by atoms with Crippen LogP contribution in [-0.2, 0) is 11.2 Å². The van der Waals surface area contributed by atoms with Crippen molar-refractivity contribution in [3.63, 3.8) is 0 Å². The van der Waals surface area contributed by atoms with E-state index in [-0.39, 0.29) is 22.9 Å². The van der Waals surface area contributed by atoms with Crippen LogP contribution >= 0.6 is 11.6 Å². The lowest BCUT2D eigenvalue weighted by molar-refractivity contribution is -0.119. The van der Waals surface area contributed by atoms with Gasteiger partial charge in [0.15, 0.2) is 0 Å². The first-order valence-corrected chi connectivity index (χ1v) is 7.52. The monoisotopic (exact) mass is 322 g/mol. The molecule has 1 N–H and O–H groups in total. The minimum absolute atomic E-state index is 0.0450. The molecule has 1 aromatic carbocycles. The molecule has 0 saturated carbocycles. The number of hydrogen-bond acceptors (Lipinski definition) is 2. The third kappa shape index (κ3) is 4.34. The molecule has 0 saturated heterocycles. The Morgan fingerprint density at radius 2 is 2.14 bits per heavy atom. The summed E-state index contributed by atoms with van der Waals surface area (Å²) >= 11 is 5.62. The van der Waals surface area contributed by atoms with E-state index in [1.165, 1.54) is 12.1 Å². The molecule has 2 rings (SSSR count). The van der Waals surface area contributed by atoms with Crippen LogP contribution in [0, 0.1) is 5.82 Å². The van der Waals surface area contributed by atoms with Crippen molar-refractivity contribution in [1.29, 1.82) is 0 Å². The molecule has 0 aromatic heterocycles. The van der Waals surface area contributed by atoms with Gasteiger partial charge in [-0.05, 0) is 50.6 Å². The fourth-order valence-electron chi connectivity index (χ4n) is 2.13. The molecule has 0 radical (unpaired) electrons. The minimum Gasteiger partial charge on any atom is -0.369 e. The Kier molecular flexibility index (Phi) is 4.91.